The van der Waals surface area contributed by atoms with Crippen LogP contribution in [-0.2, 0) is 0 Å². The lowest BCUT2D eigenvalue weighted by Gasteiger charge is -2.19. The van der Waals surface area contributed by atoms with E-state index in [9.17, 15) is 4.79 Å². The Bertz CT molecular complexity index is 938. The molecule has 4 rings (SSSR count). The molecule has 1 saturated carbocycles. The number of aromatic nitrogens is 3. The Morgan fingerprint density at radius 2 is 1.92 bits per heavy atom. The molecule has 0 bridgehead atoms. The van der Waals surface area contributed by atoms with Gasteiger partial charge in [0.05, 0.1) is 17.8 Å². The number of nitrogens with zero attached hydrogens (tertiary/aromatic N) is 3. The fraction of sp³-hybridized carbons (Fsp3) is 0.381. The van der Waals surface area contributed by atoms with Gasteiger partial charge >= 0.3 is 0 Å². The van der Waals surface area contributed by atoms with E-state index in [1.807, 2.05) is 10.7 Å². The molecule has 0 spiro atoms. The van der Waals surface area contributed by atoms with Crippen LogP contribution in [0.2, 0.25) is 0 Å². The van der Waals surface area contributed by atoms with Crippen molar-refractivity contribution in [1.29, 1.82) is 0 Å². The summed E-state index contributed by atoms with van der Waals surface area (Å²) >= 11 is 0. The first-order valence-corrected chi connectivity index (χ1v) is 9.23. The minimum Gasteiger partial charge on any atom is -0.345 e. The fourth-order valence-corrected chi connectivity index (χ4v) is 3.34. The lowest BCUT2D eigenvalue weighted by Crippen LogP contribution is -2.30. The largest absolute Gasteiger partial charge is 0.345 e. The molecule has 5 heteroatoms. The minimum atomic E-state index is -0.0748. The van der Waals surface area contributed by atoms with Crippen LogP contribution in [0, 0.1) is 12.8 Å². The van der Waals surface area contributed by atoms with Crippen LogP contribution in [-0.4, -0.2) is 20.7 Å². The molecule has 0 radical (unpaired) electrons. The van der Waals surface area contributed by atoms with Gasteiger partial charge in [0, 0.05) is 17.6 Å². The molecular formula is C21H24N4O. The molecule has 1 aromatic carbocycles. The number of rotatable bonds is 5. The minimum absolute atomic E-state index is 0.0668. The zero-order valence-corrected chi connectivity index (χ0v) is 15.4. The van der Waals surface area contributed by atoms with E-state index in [4.69, 9.17) is 0 Å². The number of benzene rings is 1. The molecule has 26 heavy (non-hydrogen) atoms. The number of aryl methyl sites for hydroxylation is 1. The molecular weight excluding hydrogens is 324 g/mol. The summed E-state index contributed by atoms with van der Waals surface area (Å²) in [6, 6.07) is 10.6. The highest BCUT2D eigenvalue weighted by molar-refractivity contribution is 5.97. The van der Waals surface area contributed by atoms with Crippen LogP contribution in [0.4, 0.5) is 0 Å². The van der Waals surface area contributed by atoms with Crippen LogP contribution in [0.15, 0.2) is 42.7 Å². The lowest BCUT2D eigenvalue weighted by atomic mass is 10.0. The first kappa shape index (κ1) is 16.8. The van der Waals surface area contributed by atoms with Crippen LogP contribution < -0.4 is 5.32 Å². The zero-order chi connectivity index (χ0) is 18.3. The van der Waals surface area contributed by atoms with Gasteiger partial charge in [0.25, 0.3) is 5.91 Å². The molecule has 3 aromatic rings. The molecule has 1 aliphatic carbocycles. The third-order valence-corrected chi connectivity index (χ3v) is 5.00. The smallest absolute Gasteiger partial charge is 0.253 e. The average Bonchev–Trinajstić information content (AvgIpc) is 3.38. The predicted octanol–water partition coefficient (Wildman–Crippen LogP) is 4.20. The second kappa shape index (κ2) is 6.56. The maximum absolute atomic E-state index is 12.8. The fourth-order valence-electron chi connectivity index (χ4n) is 3.34. The standard InChI is InChI=1S/C21H24N4O/c1-13(2)25-20-17(12-23-25)10-18(11-22-20)21(26)24-19(16-8-9-16)15-6-4-14(3)5-7-15/h4-7,10-13,16,19H,8-9H2,1-3H3,(H,24,26)/t19-/m0/s1. The molecule has 1 N–H and O–H groups in total. The normalized spacial score (nSPS) is 15.4. The highest BCUT2D eigenvalue weighted by atomic mass is 16.1. The molecule has 1 amide bonds. The lowest BCUT2D eigenvalue weighted by molar-refractivity contribution is 0.0931. The van der Waals surface area contributed by atoms with Gasteiger partial charge in [-0.25, -0.2) is 9.67 Å². The zero-order valence-electron chi connectivity index (χ0n) is 15.4. The number of carbonyl (C=O) groups excluding carboxylic acids is 1. The third-order valence-electron chi connectivity index (χ3n) is 5.00. The molecule has 2 heterocycles. The summed E-state index contributed by atoms with van der Waals surface area (Å²) in [5, 5.41) is 8.49. The summed E-state index contributed by atoms with van der Waals surface area (Å²) in [5.41, 5.74) is 3.80. The summed E-state index contributed by atoms with van der Waals surface area (Å²) in [4.78, 5) is 17.3. The molecule has 0 saturated heterocycles. The number of pyridine rings is 1. The summed E-state index contributed by atoms with van der Waals surface area (Å²) in [6.07, 6.45) is 5.75. The number of amides is 1. The monoisotopic (exact) mass is 348 g/mol. The molecule has 1 aliphatic rings. The van der Waals surface area contributed by atoms with Crippen LogP contribution in [0.1, 0.15) is 60.3 Å². The van der Waals surface area contributed by atoms with Crippen molar-refractivity contribution >= 4 is 16.9 Å². The van der Waals surface area contributed by atoms with Gasteiger partial charge in [0.1, 0.15) is 0 Å². The Hall–Kier alpha value is -2.69. The second-order valence-corrected chi connectivity index (χ2v) is 7.52. The van der Waals surface area contributed by atoms with Gasteiger partial charge < -0.3 is 5.32 Å². The van der Waals surface area contributed by atoms with E-state index in [1.54, 1.807) is 12.4 Å². The van der Waals surface area contributed by atoms with Crippen molar-refractivity contribution in [3.63, 3.8) is 0 Å². The van der Waals surface area contributed by atoms with Crippen LogP contribution >= 0.6 is 0 Å². The van der Waals surface area contributed by atoms with E-state index in [0.29, 0.717) is 11.5 Å². The Kier molecular flexibility index (Phi) is 4.23. The first-order chi connectivity index (χ1) is 12.5. The summed E-state index contributed by atoms with van der Waals surface area (Å²) in [7, 11) is 0. The van der Waals surface area contributed by atoms with Gasteiger partial charge in [0.2, 0.25) is 0 Å². The van der Waals surface area contributed by atoms with Crippen molar-refractivity contribution in [2.45, 2.75) is 45.7 Å². The van der Waals surface area contributed by atoms with Gasteiger partial charge in [-0.1, -0.05) is 29.8 Å². The topological polar surface area (TPSA) is 59.8 Å². The molecule has 0 unspecified atom stereocenters. The van der Waals surface area contributed by atoms with Crippen molar-refractivity contribution in [1.82, 2.24) is 20.1 Å². The maximum Gasteiger partial charge on any atom is 0.253 e. The van der Waals surface area contributed by atoms with Gasteiger partial charge in [0.15, 0.2) is 5.65 Å². The van der Waals surface area contributed by atoms with Gasteiger partial charge in [-0.3, -0.25) is 4.79 Å². The van der Waals surface area contributed by atoms with E-state index >= 15 is 0 Å². The molecule has 1 fully saturated rings. The molecule has 2 aromatic heterocycles. The number of fused-ring (bicyclic) bond motifs is 1. The number of nitrogens with one attached hydrogen (secondary N) is 1. The van der Waals surface area contributed by atoms with Gasteiger partial charge in [-0.2, -0.15) is 5.10 Å². The predicted molar refractivity (Wildman–Crippen MR) is 102 cm³/mol. The number of hydrogen-bond acceptors (Lipinski definition) is 3. The van der Waals surface area contributed by atoms with Crippen molar-refractivity contribution in [3.8, 4) is 0 Å². The van der Waals surface area contributed by atoms with Crippen molar-refractivity contribution < 1.29 is 4.79 Å². The Labute approximate surface area is 153 Å². The highest BCUT2D eigenvalue weighted by Crippen LogP contribution is 2.41. The van der Waals surface area contributed by atoms with Crippen LogP contribution in [0.3, 0.4) is 0 Å². The molecule has 5 nitrogen and oxygen atoms in total. The number of carbonyl (C=O) groups is 1. The summed E-state index contributed by atoms with van der Waals surface area (Å²) in [5.74, 6) is 0.455. The molecule has 1 atom stereocenters. The SMILES string of the molecule is Cc1ccc([C@H](NC(=O)c2cnc3c(cnn3C(C)C)c2)C2CC2)cc1. The maximum atomic E-state index is 12.8. The van der Waals surface area contributed by atoms with Crippen LogP contribution in [0.25, 0.3) is 11.0 Å². The quantitative estimate of drug-likeness (QED) is 0.752. The van der Waals surface area contributed by atoms with Gasteiger partial charge in [-0.05, 0) is 51.2 Å². The Morgan fingerprint density at radius 1 is 1.19 bits per heavy atom. The molecule has 0 aliphatic heterocycles. The van der Waals surface area contributed by atoms with E-state index in [2.05, 4.69) is 60.4 Å². The van der Waals surface area contributed by atoms with Crippen molar-refractivity contribution in [2.75, 3.05) is 0 Å². The van der Waals surface area contributed by atoms with Crippen molar-refractivity contribution in [2.24, 2.45) is 5.92 Å². The Balaban J connectivity index is 1.58. The van der Waals surface area contributed by atoms with Gasteiger partial charge in [-0.15, -0.1) is 0 Å². The van der Waals surface area contributed by atoms with E-state index in [-0.39, 0.29) is 18.0 Å². The summed E-state index contributed by atoms with van der Waals surface area (Å²) in [6.45, 7) is 6.21. The first-order valence-electron chi connectivity index (χ1n) is 9.23. The average molecular weight is 348 g/mol. The third kappa shape index (κ3) is 3.21. The second-order valence-electron chi connectivity index (χ2n) is 7.52. The van der Waals surface area contributed by atoms with E-state index in [1.165, 1.54) is 11.1 Å². The molecule has 134 valence electrons. The Morgan fingerprint density at radius 3 is 2.58 bits per heavy atom. The summed E-state index contributed by atoms with van der Waals surface area (Å²) < 4.78 is 1.87. The number of hydrogen-bond donors (Lipinski definition) is 1. The highest BCUT2D eigenvalue weighted by Gasteiger charge is 2.33. The van der Waals surface area contributed by atoms with Crippen LogP contribution in [0.5, 0.6) is 0 Å². The van der Waals surface area contributed by atoms with E-state index < -0.39 is 0 Å². The van der Waals surface area contributed by atoms with E-state index in [0.717, 1.165) is 23.9 Å². The van der Waals surface area contributed by atoms with Crippen molar-refractivity contribution in [3.05, 3.63) is 59.4 Å².